The lowest BCUT2D eigenvalue weighted by Gasteiger charge is -2.06. The first kappa shape index (κ1) is 14.5. The number of carbonyl (C=O) groups excluding carboxylic acids is 1. The van der Waals surface area contributed by atoms with Crippen LogP contribution in [-0.4, -0.2) is 21.7 Å². The Labute approximate surface area is 132 Å². The minimum absolute atomic E-state index is 0.230. The fraction of sp³-hybridized carbons (Fsp3) is 0.118. The highest BCUT2D eigenvalue weighted by Crippen LogP contribution is 2.24. The maximum atomic E-state index is 11.8. The van der Waals surface area contributed by atoms with Gasteiger partial charge in [0.1, 0.15) is 18.0 Å². The number of nitrogens with zero attached hydrogens (tertiary/aromatic N) is 2. The van der Waals surface area contributed by atoms with Crippen molar-refractivity contribution in [2.75, 3.05) is 5.75 Å². The topological polar surface area (TPSA) is 52.1 Å². The van der Waals surface area contributed by atoms with E-state index < -0.39 is 0 Å². The van der Waals surface area contributed by atoms with E-state index in [2.05, 4.69) is 9.97 Å². The average Bonchev–Trinajstić information content (AvgIpc) is 2.59. The lowest BCUT2D eigenvalue weighted by atomic mass is 10.2. The van der Waals surface area contributed by atoms with E-state index in [9.17, 15) is 4.79 Å². The van der Waals surface area contributed by atoms with Crippen molar-refractivity contribution in [3.05, 3.63) is 66.5 Å². The minimum atomic E-state index is -0.253. The lowest BCUT2D eigenvalue weighted by molar-refractivity contribution is -0.141. The van der Waals surface area contributed by atoms with Crippen LogP contribution in [-0.2, 0) is 16.1 Å². The number of ether oxygens (including phenoxy) is 1. The first-order chi connectivity index (χ1) is 10.8. The highest BCUT2D eigenvalue weighted by atomic mass is 32.2. The van der Waals surface area contributed by atoms with Crippen molar-refractivity contribution >= 4 is 28.6 Å². The number of thioether (sulfide) groups is 1. The monoisotopic (exact) mass is 310 g/mol. The van der Waals surface area contributed by atoms with Gasteiger partial charge in [0.15, 0.2) is 0 Å². The van der Waals surface area contributed by atoms with Gasteiger partial charge in [0.25, 0.3) is 0 Å². The van der Waals surface area contributed by atoms with Gasteiger partial charge in [-0.1, -0.05) is 60.3 Å². The van der Waals surface area contributed by atoms with Crippen LogP contribution in [0.3, 0.4) is 0 Å². The molecule has 5 heteroatoms. The third-order valence-corrected chi connectivity index (χ3v) is 4.05. The van der Waals surface area contributed by atoms with Gasteiger partial charge in [-0.3, -0.25) is 4.79 Å². The van der Waals surface area contributed by atoms with Gasteiger partial charge < -0.3 is 4.74 Å². The van der Waals surface area contributed by atoms with Crippen molar-refractivity contribution in [2.24, 2.45) is 0 Å². The van der Waals surface area contributed by atoms with Crippen molar-refractivity contribution < 1.29 is 9.53 Å². The number of aromatic nitrogens is 2. The molecule has 22 heavy (non-hydrogen) atoms. The molecular formula is C17H14N2O2S. The first-order valence-corrected chi connectivity index (χ1v) is 7.83. The Balaban J connectivity index is 1.58. The number of benzene rings is 2. The second-order valence-corrected chi connectivity index (χ2v) is 5.59. The second kappa shape index (κ2) is 7.04. The summed E-state index contributed by atoms with van der Waals surface area (Å²) in [7, 11) is 0. The van der Waals surface area contributed by atoms with Crippen molar-refractivity contribution in [3.63, 3.8) is 0 Å². The molecule has 2 aromatic carbocycles. The summed E-state index contributed by atoms with van der Waals surface area (Å²) in [6.07, 6.45) is 1.51. The Morgan fingerprint density at radius 3 is 2.64 bits per heavy atom. The Kier molecular flexibility index (Phi) is 4.65. The zero-order chi connectivity index (χ0) is 15.2. The van der Waals surface area contributed by atoms with Gasteiger partial charge in [0.05, 0.1) is 11.3 Å². The molecule has 110 valence electrons. The lowest BCUT2D eigenvalue weighted by Crippen LogP contribution is -2.07. The SMILES string of the molecule is O=C(CSc1ncnc2ccccc12)OCc1ccccc1. The molecule has 0 fully saturated rings. The average molecular weight is 310 g/mol. The highest BCUT2D eigenvalue weighted by molar-refractivity contribution is 8.00. The molecule has 0 saturated carbocycles. The zero-order valence-corrected chi connectivity index (χ0v) is 12.6. The summed E-state index contributed by atoms with van der Waals surface area (Å²) in [5, 5.41) is 1.74. The number of fused-ring (bicyclic) bond motifs is 1. The molecule has 1 heterocycles. The maximum Gasteiger partial charge on any atom is 0.316 e. The summed E-state index contributed by atoms with van der Waals surface area (Å²) >= 11 is 1.37. The smallest absolute Gasteiger partial charge is 0.316 e. The summed E-state index contributed by atoms with van der Waals surface area (Å²) in [4.78, 5) is 20.3. The fourth-order valence-electron chi connectivity index (χ4n) is 2.00. The number of hydrogen-bond donors (Lipinski definition) is 0. The van der Waals surface area contributed by atoms with Crippen LogP contribution in [0.5, 0.6) is 0 Å². The predicted octanol–water partition coefficient (Wildman–Crippen LogP) is 3.47. The molecule has 0 saturated heterocycles. The molecule has 3 aromatic rings. The van der Waals surface area contributed by atoms with Gasteiger partial charge in [-0.25, -0.2) is 9.97 Å². The Morgan fingerprint density at radius 1 is 1.00 bits per heavy atom. The van der Waals surface area contributed by atoms with Crippen LogP contribution in [0, 0.1) is 0 Å². The van der Waals surface area contributed by atoms with E-state index >= 15 is 0 Å². The van der Waals surface area contributed by atoms with Gasteiger partial charge in [-0.2, -0.15) is 0 Å². The van der Waals surface area contributed by atoms with Crippen LogP contribution in [0.25, 0.3) is 10.9 Å². The van der Waals surface area contributed by atoms with Crippen LogP contribution in [0.1, 0.15) is 5.56 Å². The first-order valence-electron chi connectivity index (χ1n) is 6.85. The molecule has 0 aliphatic rings. The molecule has 0 aliphatic carbocycles. The van der Waals surface area contributed by atoms with Crippen molar-refractivity contribution in [2.45, 2.75) is 11.6 Å². The van der Waals surface area contributed by atoms with E-state index in [4.69, 9.17) is 4.74 Å². The van der Waals surface area contributed by atoms with Gasteiger partial charge in [-0.15, -0.1) is 0 Å². The minimum Gasteiger partial charge on any atom is -0.460 e. The van der Waals surface area contributed by atoms with Crippen LogP contribution >= 0.6 is 11.8 Å². The zero-order valence-electron chi connectivity index (χ0n) is 11.8. The van der Waals surface area contributed by atoms with Gasteiger partial charge in [-0.05, 0) is 11.6 Å². The van der Waals surface area contributed by atoms with Crippen LogP contribution < -0.4 is 0 Å². The molecule has 0 radical (unpaired) electrons. The fourth-order valence-corrected chi connectivity index (χ4v) is 2.79. The van der Waals surface area contributed by atoms with Crippen molar-refractivity contribution in [1.82, 2.24) is 9.97 Å². The van der Waals surface area contributed by atoms with E-state index in [0.29, 0.717) is 6.61 Å². The van der Waals surface area contributed by atoms with E-state index in [0.717, 1.165) is 21.5 Å². The summed E-state index contributed by atoms with van der Waals surface area (Å²) in [6.45, 7) is 0.296. The van der Waals surface area contributed by atoms with E-state index in [-0.39, 0.29) is 11.7 Å². The largest absolute Gasteiger partial charge is 0.460 e. The Hall–Kier alpha value is -2.40. The van der Waals surface area contributed by atoms with Gasteiger partial charge in [0.2, 0.25) is 0 Å². The van der Waals surface area contributed by atoms with E-state index in [1.807, 2.05) is 54.6 Å². The third-order valence-electron chi connectivity index (χ3n) is 3.08. The van der Waals surface area contributed by atoms with E-state index in [1.54, 1.807) is 0 Å². The second-order valence-electron chi connectivity index (χ2n) is 4.63. The number of rotatable bonds is 5. The van der Waals surface area contributed by atoms with Crippen molar-refractivity contribution in [1.29, 1.82) is 0 Å². The maximum absolute atomic E-state index is 11.8. The molecule has 0 N–H and O–H groups in total. The Bertz CT molecular complexity index is 772. The summed E-state index contributed by atoms with van der Waals surface area (Å²) in [5.41, 5.74) is 1.85. The highest BCUT2D eigenvalue weighted by Gasteiger charge is 2.08. The molecule has 0 amide bonds. The molecule has 0 spiro atoms. The summed E-state index contributed by atoms with van der Waals surface area (Å²) in [6, 6.07) is 17.4. The summed E-state index contributed by atoms with van der Waals surface area (Å²) in [5.74, 6) is -0.0232. The van der Waals surface area contributed by atoms with Crippen LogP contribution in [0.15, 0.2) is 66.0 Å². The summed E-state index contributed by atoms with van der Waals surface area (Å²) < 4.78 is 5.26. The molecule has 0 atom stereocenters. The molecule has 3 rings (SSSR count). The number of carbonyl (C=O) groups is 1. The standard InChI is InChI=1S/C17H14N2O2S/c20-16(21-10-13-6-2-1-3-7-13)11-22-17-14-8-4-5-9-15(14)18-12-19-17/h1-9,12H,10-11H2. The molecule has 0 unspecified atom stereocenters. The van der Waals surface area contributed by atoms with Crippen LogP contribution in [0.2, 0.25) is 0 Å². The molecular weight excluding hydrogens is 296 g/mol. The van der Waals surface area contributed by atoms with Crippen LogP contribution in [0.4, 0.5) is 0 Å². The number of hydrogen-bond acceptors (Lipinski definition) is 5. The predicted molar refractivity (Wildman–Crippen MR) is 86.5 cm³/mol. The molecule has 0 aliphatic heterocycles. The molecule has 1 aromatic heterocycles. The van der Waals surface area contributed by atoms with Gasteiger partial charge >= 0.3 is 5.97 Å². The molecule has 0 bridgehead atoms. The molecule has 4 nitrogen and oxygen atoms in total. The van der Waals surface area contributed by atoms with E-state index in [1.165, 1.54) is 18.1 Å². The van der Waals surface area contributed by atoms with Gasteiger partial charge in [0, 0.05) is 5.39 Å². The number of esters is 1. The number of para-hydroxylation sites is 1. The normalized spacial score (nSPS) is 10.5. The third kappa shape index (κ3) is 3.62. The van der Waals surface area contributed by atoms with Crippen molar-refractivity contribution in [3.8, 4) is 0 Å². The quantitative estimate of drug-likeness (QED) is 0.410. The Morgan fingerprint density at radius 2 is 1.77 bits per heavy atom.